The third kappa shape index (κ3) is 8.67. The number of hydrogen-bond acceptors (Lipinski definition) is 8. The summed E-state index contributed by atoms with van der Waals surface area (Å²) in [7, 11) is 3.45. The molecular weight excluding hydrogens is 821 g/mol. The van der Waals surface area contributed by atoms with E-state index in [9.17, 15) is 0 Å². The van der Waals surface area contributed by atoms with E-state index in [4.69, 9.17) is 18.9 Å². The number of aromatic nitrogens is 6. The topological polar surface area (TPSA) is 98.3 Å². The third-order valence-corrected chi connectivity index (χ3v) is 11.9. The number of rotatable bonds is 15. The SMILES string of the molecule is COc1c(COCc2cccc(-n3cc(-c4ccc(C)cc4)nn3)c2)cc2ccccc2c1-c1c(OC)c(COCc2cccc(-n3cc(-c4ccc(C)cc4)nn3)c2)cc2ccccc12. The summed E-state index contributed by atoms with van der Waals surface area (Å²) in [5.74, 6) is 1.45. The Morgan fingerprint density at radius 3 is 1.29 bits per heavy atom. The quantitative estimate of drug-likeness (QED) is 0.100. The molecule has 0 aliphatic heterocycles. The summed E-state index contributed by atoms with van der Waals surface area (Å²) in [6.45, 7) is 5.55. The van der Waals surface area contributed by atoms with Crippen LogP contribution >= 0.6 is 0 Å². The first-order chi connectivity index (χ1) is 32.4. The zero-order chi connectivity index (χ0) is 45.0. The fraction of sp³-hybridized carbons (Fsp3) is 0.143. The minimum atomic E-state index is 0.316. The van der Waals surface area contributed by atoms with Crippen LogP contribution in [0.2, 0.25) is 0 Å². The number of aryl methyl sites for hydroxylation is 2. The Labute approximate surface area is 383 Å². The fourth-order valence-electron chi connectivity index (χ4n) is 8.58. The lowest BCUT2D eigenvalue weighted by molar-refractivity contribution is 0.105. The van der Waals surface area contributed by atoms with Crippen molar-refractivity contribution in [1.82, 2.24) is 30.0 Å². The van der Waals surface area contributed by atoms with Crippen LogP contribution < -0.4 is 9.47 Å². The summed E-state index contributed by atoms with van der Waals surface area (Å²) < 4.78 is 29.4. The molecule has 10 heteroatoms. The molecule has 0 atom stereocenters. The Kier molecular flexibility index (Phi) is 11.9. The van der Waals surface area contributed by atoms with E-state index in [-0.39, 0.29) is 0 Å². The molecule has 0 unspecified atom stereocenters. The average molecular weight is 869 g/mol. The highest BCUT2D eigenvalue weighted by atomic mass is 16.5. The van der Waals surface area contributed by atoms with Crippen molar-refractivity contribution >= 4 is 21.5 Å². The largest absolute Gasteiger partial charge is 0.496 e. The number of benzene rings is 8. The maximum atomic E-state index is 6.50. The summed E-state index contributed by atoms with van der Waals surface area (Å²) in [5, 5.41) is 21.9. The molecule has 326 valence electrons. The van der Waals surface area contributed by atoms with Crippen molar-refractivity contribution in [1.29, 1.82) is 0 Å². The van der Waals surface area contributed by atoms with Crippen LogP contribution in [0.1, 0.15) is 33.4 Å². The van der Waals surface area contributed by atoms with Crippen molar-refractivity contribution in [3.8, 4) is 56.5 Å². The minimum absolute atomic E-state index is 0.316. The summed E-state index contributed by atoms with van der Waals surface area (Å²) in [6.07, 6.45) is 3.90. The Hall–Kier alpha value is -7.92. The van der Waals surface area contributed by atoms with Crippen LogP contribution in [-0.4, -0.2) is 44.2 Å². The van der Waals surface area contributed by atoms with E-state index in [0.29, 0.717) is 26.4 Å². The second kappa shape index (κ2) is 18.7. The highest BCUT2D eigenvalue weighted by molar-refractivity contribution is 6.10. The minimum Gasteiger partial charge on any atom is -0.496 e. The summed E-state index contributed by atoms with van der Waals surface area (Å²) in [6, 6.07) is 54.0. The molecule has 0 aliphatic carbocycles. The van der Waals surface area contributed by atoms with Gasteiger partial charge in [0.05, 0.1) is 64.4 Å². The molecule has 0 N–H and O–H groups in total. The second-order valence-corrected chi connectivity index (χ2v) is 16.5. The third-order valence-electron chi connectivity index (χ3n) is 11.9. The van der Waals surface area contributed by atoms with Gasteiger partial charge < -0.3 is 18.9 Å². The molecule has 66 heavy (non-hydrogen) atoms. The molecular formula is C56H48N6O4. The van der Waals surface area contributed by atoms with Gasteiger partial charge in [0, 0.05) is 33.4 Å². The maximum Gasteiger partial charge on any atom is 0.133 e. The lowest BCUT2D eigenvalue weighted by Gasteiger charge is -2.22. The van der Waals surface area contributed by atoms with Gasteiger partial charge in [0.15, 0.2) is 0 Å². The molecule has 0 saturated heterocycles. The van der Waals surface area contributed by atoms with Crippen molar-refractivity contribution in [3.63, 3.8) is 0 Å². The van der Waals surface area contributed by atoms with E-state index in [1.165, 1.54) is 11.1 Å². The Bertz CT molecular complexity index is 3100. The Morgan fingerprint density at radius 2 is 0.864 bits per heavy atom. The normalized spacial score (nSPS) is 11.4. The van der Waals surface area contributed by atoms with Crippen molar-refractivity contribution < 1.29 is 18.9 Å². The van der Waals surface area contributed by atoms with E-state index in [1.54, 1.807) is 23.6 Å². The van der Waals surface area contributed by atoms with Gasteiger partial charge in [-0.25, -0.2) is 9.36 Å². The van der Waals surface area contributed by atoms with Crippen LogP contribution in [0.15, 0.2) is 170 Å². The van der Waals surface area contributed by atoms with Crippen molar-refractivity contribution in [2.75, 3.05) is 14.2 Å². The molecule has 0 fully saturated rings. The predicted octanol–water partition coefficient (Wildman–Crippen LogP) is 12.2. The predicted molar refractivity (Wildman–Crippen MR) is 260 cm³/mol. The second-order valence-electron chi connectivity index (χ2n) is 16.5. The van der Waals surface area contributed by atoms with Gasteiger partial charge in [0.25, 0.3) is 0 Å². The number of fused-ring (bicyclic) bond motifs is 2. The average Bonchev–Trinajstić information content (AvgIpc) is 4.06. The first-order valence-electron chi connectivity index (χ1n) is 21.9. The summed E-state index contributed by atoms with van der Waals surface area (Å²) in [5.41, 5.74) is 13.6. The van der Waals surface area contributed by atoms with Gasteiger partial charge in [-0.05, 0) is 82.9 Å². The molecule has 10 rings (SSSR count). The molecule has 0 amide bonds. The highest BCUT2D eigenvalue weighted by Gasteiger charge is 2.24. The van der Waals surface area contributed by atoms with Gasteiger partial charge >= 0.3 is 0 Å². The zero-order valence-corrected chi connectivity index (χ0v) is 37.3. The monoisotopic (exact) mass is 868 g/mol. The van der Waals surface area contributed by atoms with Gasteiger partial charge in [0.2, 0.25) is 0 Å². The molecule has 0 spiro atoms. The molecule has 0 radical (unpaired) electrons. The van der Waals surface area contributed by atoms with E-state index in [1.807, 2.05) is 36.7 Å². The van der Waals surface area contributed by atoms with Crippen LogP contribution in [0.4, 0.5) is 0 Å². The van der Waals surface area contributed by atoms with Crippen LogP contribution in [0.5, 0.6) is 11.5 Å². The number of ether oxygens (including phenoxy) is 4. The molecule has 2 aromatic heterocycles. The fourth-order valence-corrected chi connectivity index (χ4v) is 8.58. The van der Waals surface area contributed by atoms with E-state index in [2.05, 4.69) is 168 Å². The smallest absolute Gasteiger partial charge is 0.133 e. The zero-order valence-electron chi connectivity index (χ0n) is 37.3. The molecule has 8 aromatic carbocycles. The molecule has 0 aliphatic rings. The summed E-state index contributed by atoms with van der Waals surface area (Å²) >= 11 is 0. The van der Waals surface area contributed by atoms with Crippen molar-refractivity contribution in [2.45, 2.75) is 40.3 Å². The molecule has 10 nitrogen and oxygen atoms in total. The Morgan fingerprint density at radius 1 is 0.439 bits per heavy atom. The maximum absolute atomic E-state index is 6.50. The Balaban J connectivity index is 0.919. The number of nitrogens with zero attached hydrogens (tertiary/aromatic N) is 6. The van der Waals surface area contributed by atoms with Crippen LogP contribution in [0.3, 0.4) is 0 Å². The first-order valence-corrected chi connectivity index (χ1v) is 21.9. The van der Waals surface area contributed by atoms with Crippen LogP contribution in [0, 0.1) is 13.8 Å². The van der Waals surface area contributed by atoms with Crippen LogP contribution in [0.25, 0.3) is 66.6 Å². The molecule has 2 heterocycles. The van der Waals surface area contributed by atoms with Gasteiger partial charge in [-0.1, -0.05) is 143 Å². The number of methoxy groups -OCH3 is 2. The van der Waals surface area contributed by atoms with Gasteiger partial charge in [-0.15, -0.1) is 10.2 Å². The van der Waals surface area contributed by atoms with Gasteiger partial charge in [0.1, 0.15) is 22.9 Å². The lowest BCUT2D eigenvalue weighted by Crippen LogP contribution is -2.04. The lowest BCUT2D eigenvalue weighted by atomic mass is 9.89. The van der Waals surface area contributed by atoms with Gasteiger partial charge in [-0.3, -0.25) is 0 Å². The van der Waals surface area contributed by atoms with E-state index < -0.39 is 0 Å². The molecule has 10 aromatic rings. The standard InChI is InChI=1S/C56H48N6O4/c1-37-19-23-41(24-20-37)51-31-61(59-57-51)47-15-9-11-39(27-47)33-65-35-45-29-43-13-5-7-17-49(43)53(55(45)63-3)54-50-18-8-6-14-44(50)30-46(56(54)64-4)36-66-34-40-12-10-16-48(28-40)62-32-52(58-60-62)42-25-21-38(2)22-26-42/h5-32H,33-36H2,1-4H3. The molecule has 0 bridgehead atoms. The van der Waals surface area contributed by atoms with E-state index >= 15 is 0 Å². The first kappa shape index (κ1) is 42.1. The van der Waals surface area contributed by atoms with Crippen molar-refractivity contribution in [3.05, 3.63) is 203 Å². The molecule has 0 saturated carbocycles. The van der Waals surface area contributed by atoms with E-state index in [0.717, 1.165) is 100 Å². The van der Waals surface area contributed by atoms with Gasteiger partial charge in [-0.2, -0.15) is 0 Å². The highest BCUT2D eigenvalue weighted by Crippen LogP contribution is 2.48. The number of hydrogen-bond donors (Lipinski definition) is 0. The van der Waals surface area contributed by atoms with Crippen molar-refractivity contribution in [2.24, 2.45) is 0 Å². The summed E-state index contributed by atoms with van der Waals surface area (Å²) in [4.78, 5) is 0. The van der Waals surface area contributed by atoms with Crippen LogP contribution in [-0.2, 0) is 35.9 Å².